The molecule has 1 heterocycles. The van der Waals surface area contributed by atoms with Gasteiger partial charge in [-0.15, -0.1) is 0 Å². The van der Waals surface area contributed by atoms with Crippen LogP contribution in [0.3, 0.4) is 0 Å². The SMILES string of the molecule is Cc1c2c(cc3ncn(C)c13)C(C)(C)CC2(C)C. The summed E-state index contributed by atoms with van der Waals surface area (Å²) in [5.41, 5.74) is 7.41. The normalized spacial score (nSPS) is 20.3. The van der Waals surface area contributed by atoms with Gasteiger partial charge in [-0.2, -0.15) is 0 Å². The molecule has 2 heteroatoms. The first-order valence-electron chi connectivity index (χ1n) is 6.70. The van der Waals surface area contributed by atoms with Gasteiger partial charge in [0.05, 0.1) is 17.4 Å². The van der Waals surface area contributed by atoms with Crippen molar-refractivity contribution in [2.75, 3.05) is 0 Å². The van der Waals surface area contributed by atoms with Crippen molar-refractivity contribution in [2.45, 2.75) is 51.9 Å². The van der Waals surface area contributed by atoms with Crippen LogP contribution < -0.4 is 0 Å². The van der Waals surface area contributed by atoms with E-state index in [-0.39, 0.29) is 10.8 Å². The summed E-state index contributed by atoms with van der Waals surface area (Å²) >= 11 is 0. The lowest BCUT2D eigenvalue weighted by Crippen LogP contribution is -2.18. The third-order valence-electron chi connectivity index (χ3n) is 4.54. The van der Waals surface area contributed by atoms with Crippen LogP contribution >= 0.6 is 0 Å². The highest BCUT2D eigenvalue weighted by molar-refractivity contribution is 5.83. The Kier molecular flexibility index (Phi) is 2.07. The van der Waals surface area contributed by atoms with Crippen LogP contribution in [0.1, 0.15) is 50.8 Å². The van der Waals surface area contributed by atoms with Crippen LogP contribution in [-0.2, 0) is 17.9 Å². The summed E-state index contributed by atoms with van der Waals surface area (Å²) in [5, 5.41) is 0. The van der Waals surface area contributed by atoms with Gasteiger partial charge in [0.25, 0.3) is 0 Å². The molecule has 2 nitrogen and oxygen atoms in total. The molecule has 0 amide bonds. The van der Waals surface area contributed by atoms with Crippen molar-refractivity contribution >= 4 is 11.0 Å². The molecule has 0 saturated carbocycles. The van der Waals surface area contributed by atoms with Crippen molar-refractivity contribution in [3.8, 4) is 0 Å². The molecular weight excluding hydrogens is 220 g/mol. The Balaban J connectivity index is 2.47. The molecule has 1 aliphatic rings. The second-order valence-electron chi connectivity index (χ2n) is 7.09. The van der Waals surface area contributed by atoms with Gasteiger partial charge in [-0.05, 0) is 46.9 Å². The summed E-state index contributed by atoms with van der Waals surface area (Å²) in [5.74, 6) is 0. The van der Waals surface area contributed by atoms with Crippen LogP contribution in [-0.4, -0.2) is 9.55 Å². The Hall–Kier alpha value is -1.31. The molecule has 0 saturated heterocycles. The standard InChI is InChI=1S/C16H22N2/c1-10-13-11(15(2,3)8-16(13,4)5)7-12-14(10)18(6)9-17-12/h7,9H,8H2,1-6H3. The first kappa shape index (κ1) is 11.8. The molecule has 0 atom stereocenters. The Morgan fingerprint density at radius 2 is 1.83 bits per heavy atom. The summed E-state index contributed by atoms with van der Waals surface area (Å²) in [6.45, 7) is 11.7. The maximum atomic E-state index is 4.53. The van der Waals surface area contributed by atoms with Crippen molar-refractivity contribution in [3.63, 3.8) is 0 Å². The maximum absolute atomic E-state index is 4.53. The predicted octanol–water partition coefficient (Wildman–Crippen LogP) is 3.84. The van der Waals surface area contributed by atoms with E-state index in [4.69, 9.17) is 0 Å². The highest BCUT2D eigenvalue weighted by atomic mass is 15.0. The van der Waals surface area contributed by atoms with Crippen LogP contribution in [0.5, 0.6) is 0 Å². The van der Waals surface area contributed by atoms with E-state index in [0.29, 0.717) is 0 Å². The monoisotopic (exact) mass is 242 g/mol. The number of rotatable bonds is 0. The lowest BCUT2D eigenvalue weighted by atomic mass is 9.81. The van der Waals surface area contributed by atoms with Gasteiger partial charge < -0.3 is 4.57 Å². The van der Waals surface area contributed by atoms with E-state index in [1.807, 2.05) is 6.33 Å². The smallest absolute Gasteiger partial charge is 0.0955 e. The lowest BCUT2D eigenvalue weighted by molar-refractivity contribution is 0.402. The fraction of sp³-hybridized carbons (Fsp3) is 0.562. The Labute approximate surface area is 109 Å². The highest BCUT2D eigenvalue weighted by Crippen LogP contribution is 2.51. The van der Waals surface area contributed by atoms with E-state index in [1.165, 1.54) is 23.1 Å². The third kappa shape index (κ3) is 1.32. The van der Waals surface area contributed by atoms with Crippen molar-refractivity contribution in [3.05, 3.63) is 29.1 Å². The Bertz CT molecular complexity index is 645. The van der Waals surface area contributed by atoms with Crippen LogP contribution in [0.2, 0.25) is 0 Å². The summed E-state index contributed by atoms with van der Waals surface area (Å²) in [7, 11) is 2.09. The van der Waals surface area contributed by atoms with Gasteiger partial charge in [-0.1, -0.05) is 27.7 Å². The zero-order valence-corrected chi connectivity index (χ0v) is 12.3. The summed E-state index contributed by atoms with van der Waals surface area (Å²) in [6.07, 6.45) is 3.14. The zero-order valence-electron chi connectivity index (χ0n) is 12.3. The van der Waals surface area contributed by atoms with Gasteiger partial charge >= 0.3 is 0 Å². The van der Waals surface area contributed by atoms with Gasteiger partial charge in [-0.3, -0.25) is 0 Å². The minimum Gasteiger partial charge on any atom is -0.334 e. The van der Waals surface area contributed by atoms with Crippen molar-refractivity contribution < 1.29 is 0 Å². The molecule has 1 aromatic carbocycles. The molecule has 0 fully saturated rings. The van der Waals surface area contributed by atoms with Crippen LogP contribution in [0.4, 0.5) is 0 Å². The van der Waals surface area contributed by atoms with Crippen molar-refractivity contribution in [2.24, 2.45) is 7.05 Å². The molecule has 1 aliphatic carbocycles. The fourth-order valence-electron chi connectivity index (χ4n) is 4.23. The minimum atomic E-state index is 0.259. The first-order chi connectivity index (χ1) is 8.24. The fourth-order valence-corrected chi connectivity index (χ4v) is 4.23. The zero-order chi connectivity index (χ0) is 13.3. The number of hydrogen-bond donors (Lipinski definition) is 0. The van der Waals surface area contributed by atoms with Gasteiger partial charge in [-0.25, -0.2) is 4.98 Å². The first-order valence-corrected chi connectivity index (χ1v) is 6.70. The molecule has 3 rings (SSSR count). The topological polar surface area (TPSA) is 17.8 Å². The van der Waals surface area contributed by atoms with Crippen molar-refractivity contribution in [1.82, 2.24) is 9.55 Å². The Morgan fingerprint density at radius 1 is 1.17 bits per heavy atom. The second kappa shape index (κ2) is 3.17. The molecule has 0 spiro atoms. The Morgan fingerprint density at radius 3 is 2.50 bits per heavy atom. The second-order valence-corrected chi connectivity index (χ2v) is 7.09. The molecule has 18 heavy (non-hydrogen) atoms. The molecule has 96 valence electrons. The molecule has 0 radical (unpaired) electrons. The molecule has 2 aromatic rings. The number of hydrogen-bond acceptors (Lipinski definition) is 1. The quantitative estimate of drug-likeness (QED) is 0.686. The molecule has 0 N–H and O–H groups in total. The molecule has 1 aromatic heterocycles. The van der Waals surface area contributed by atoms with E-state index in [0.717, 1.165) is 5.52 Å². The number of aryl methyl sites for hydroxylation is 2. The highest BCUT2D eigenvalue weighted by Gasteiger charge is 2.43. The average Bonchev–Trinajstić information content (AvgIpc) is 2.65. The van der Waals surface area contributed by atoms with Gasteiger partial charge in [0.1, 0.15) is 0 Å². The van der Waals surface area contributed by atoms with Gasteiger partial charge in [0, 0.05) is 7.05 Å². The number of nitrogens with zero attached hydrogens (tertiary/aromatic N) is 2. The number of fused-ring (bicyclic) bond motifs is 2. The van der Waals surface area contributed by atoms with E-state index >= 15 is 0 Å². The van der Waals surface area contributed by atoms with Crippen molar-refractivity contribution in [1.29, 1.82) is 0 Å². The van der Waals surface area contributed by atoms with E-state index < -0.39 is 0 Å². The largest absolute Gasteiger partial charge is 0.334 e. The van der Waals surface area contributed by atoms with E-state index in [9.17, 15) is 0 Å². The van der Waals surface area contributed by atoms with Crippen LogP contribution in [0.15, 0.2) is 12.4 Å². The van der Waals surface area contributed by atoms with Gasteiger partial charge in [0.15, 0.2) is 0 Å². The third-order valence-corrected chi connectivity index (χ3v) is 4.54. The predicted molar refractivity (Wildman–Crippen MR) is 76.1 cm³/mol. The van der Waals surface area contributed by atoms with Gasteiger partial charge in [0.2, 0.25) is 0 Å². The van der Waals surface area contributed by atoms with Crippen LogP contribution in [0, 0.1) is 6.92 Å². The number of aromatic nitrogens is 2. The summed E-state index contributed by atoms with van der Waals surface area (Å²) in [4.78, 5) is 4.53. The summed E-state index contributed by atoms with van der Waals surface area (Å²) < 4.78 is 2.15. The molecule has 0 unspecified atom stereocenters. The van der Waals surface area contributed by atoms with E-state index in [2.05, 4.69) is 57.3 Å². The molecular formula is C16H22N2. The van der Waals surface area contributed by atoms with E-state index in [1.54, 1.807) is 5.56 Å². The minimum absolute atomic E-state index is 0.259. The molecule has 0 bridgehead atoms. The maximum Gasteiger partial charge on any atom is 0.0955 e. The number of benzene rings is 1. The van der Waals surface area contributed by atoms with Crippen LogP contribution in [0.25, 0.3) is 11.0 Å². The lowest BCUT2D eigenvalue weighted by Gasteiger charge is -2.23. The average molecular weight is 242 g/mol. The summed E-state index contributed by atoms with van der Waals surface area (Å²) in [6, 6.07) is 2.31. The molecule has 0 aliphatic heterocycles. The number of imidazole rings is 1.